The summed E-state index contributed by atoms with van der Waals surface area (Å²) < 4.78 is 0. The molecule has 0 aliphatic carbocycles. The van der Waals surface area contributed by atoms with E-state index < -0.39 is 0 Å². The molecule has 4 nitrogen and oxygen atoms in total. The Hall–Kier alpha value is -1.52. The van der Waals surface area contributed by atoms with Crippen LogP contribution in [0.1, 0.15) is 12.5 Å². The molecule has 100 valence electrons. The third-order valence-electron chi connectivity index (χ3n) is 2.51. The van der Waals surface area contributed by atoms with E-state index in [1.54, 1.807) is 12.3 Å². The summed E-state index contributed by atoms with van der Waals surface area (Å²) in [5.74, 6) is 1.28. The lowest BCUT2D eigenvalue weighted by Gasteiger charge is -2.12. The Morgan fingerprint density at radius 2 is 2.05 bits per heavy atom. The third-order valence-corrected chi connectivity index (χ3v) is 3.33. The van der Waals surface area contributed by atoms with E-state index in [0.29, 0.717) is 21.8 Å². The van der Waals surface area contributed by atoms with Gasteiger partial charge >= 0.3 is 0 Å². The van der Waals surface area contributed by atoms with E-state index in [2.05, 4.69) is 20.6 Å². The summed E-state index contributed by atoms with van der Waals surface area (Å²) in [6, 6.07) is 5.42. The minimum Gasteiger partial charge on any atom is -0.354 e. The molecular weight excluding hydrogens is 283 g/mol. The summed E-state index contributed by atoms with van der Waals surface area (Å²) in [5.41, 5.74) is 1.65. The third kappa shape index (κ3) is 3.28. The van der Waals surface area contributed by atoms with Crippen molar-refractivity contribution in [3.8, 4) is 0 Å². The highest BCUT2D eigenvalue weighted by Gasteiger charge is 2.08. The standard InChI is InChI=1S/C13H14Cl2N4/c1-3-16-13-17-7-8(2)12(19-13)18-10-6-4-5-9(14)11(10)15/h4-7H,3H2,1-2H3,(H2,16,17,18,19). The first kappa shape index (κ1) is 13.9. The molecule has 1 heterocycles. The first-order valence-corrected chi connectivity index (χ1v) is 6.66. The maximum Gasteiger partial charge on any atom is 0.224 e. The minimum atomic E-state index is 0.479. The van der Waals surface area contributed by atoms with Crippen LogP contribution in [0.15, 0.2) is 24.4 Å². The first-order chi connectivity index (χ1) is 9.11. The number of hydrogen-bond acceptors (Lipinski definition) is 4. The Balaban J connectivity index is 2.32. The fourth-order valence-electron chi connectivity index (χ4n) is 1.54. The largest absolute Gasteiger partial charge is 0.354 e. The molecule has 1 aromatic carbocycles. The van der Waals surface area contributed by atoms with Crippen molar-refractivity contribution < 1.29 is 0 Å². The maximum absolute atomic E-state index is 6.14. The highest BCUT2D eigenvalue weighted by molar-refractivity contribution is 6.43. The number of nitrogens with zero attached hydrogens (tertiary/aromatic N) is 2. The average molecular weight is 297 g/mol. The van der Waals surface area contributed by atoms with Gasteiger partial charge in [0.25, 0.3) is 0 Å². The smallest absolute Gasteiger partial charge is 0.224 e. The molecule has 0 radical (unpaired) electrons. The molecule has 0 aliphatic rings. The van der Waals surface area contributed by atoms with Gasteiger partial charge in [-0.2, -0.15) is 4.98 Å². The van der Waals surface area contributed by atoms with Crippen molar-refractivity contribution in [3.05, 3.63) is 40.0 Å². The van der Waals surface area contributed by atoms with Gasteiger partial charge in [-0.1, -0.05) is 29.3 Å². The van der Waals surface area contributed by atoms with Gasteiger partial charge in [0.05, 0.1) is 15.7 Å². The summed E-state index contributed by atoms with van der Waals surface area (Å²) in [6.45, 7) is 4.68. The number of rotatable bonds is 4. The zero-order chi connectivity index (χ0) is 13.8. The summed E-state index contributed by atoms with van der Waals surface area (Å²) in [5, 5.41) is 7.22. The molecule has 19 heavy (non-hydrogen) atoms. The van der Waals surface area contributed by atoms with Crippen molar-refractivity contribution in [1.29, 1.82) is 0 Å². The molecule has 0 aliphatic heterocycles. The van der Waals surface area contributed by atoms with Gasteiger partial charge in [0.2, 0.25) is 5.95 Å². The number of hydrogen-bond donors (Lipinski definition) is 2. The van der Waals surface area contributed by atoms with Crippen molar-refractivity contribution in [2.75, 3.05) is 17.2 Å². The zero-order valence-corrected chi connectivity index (χ0v) is 12.2. The fraction of sp³-hybridized carbons (Fsp3) is 0.231. The average Bonchev–Trinajstić information content (AvgIpc) is 2.39. The van der Waals surface area contributed by atoms with Gasteiger partial charge < -0.3 is 10.6 Å². The van der Waals surface area contributed by atoms with Gasteiger partial charge in [-0.05, 0) is 26.0 Å². The van der Waals surface area contributed by atoms with E-state index in [0.717, 1.165) is 17.8 Å². The molecule has 0 bridgehead atoms. The van der Waals surface area contributed by atoms with E-state index in [9.17, 15) is 0 Å². The van der Waals surface area contributed by atoms with Crippen LogP contribution in [-0.2, 0) is 0 Å². The molecule has 0 fully saturated rings. The van der Waals surface area contributed by atoms with Crippen LogP contribution in [0.2, 0.25) is 10.0 Å². The lowest BCUT2D eigenvalue weighted by atomic mass is 10.3. The van der Waals surface area contributed by atoms with Crippen LogP contribution in [0.3, 0.4) is 0 Å². The second-order valence-corrected chi connectivity index (χ2v) is 4.77. The van der Waals surface area contributed by atoms with E-state index >= 15 is 0 Å². The Kier molecular flexibility index (Phi) is 4.45. The molecule has 2 aromatic rings. The van der Waals surface area contributed by atoms with Crippen molar-refractivity contribution in [2.45, 2.75) is 13.8 Å². The molecule has 0 atom stereocenters. The monoisotopic (exact) mass is 296 g/mol. The van der Waals surface area contributed by atoms with Crippen LogP contribution in [0.4, 0.5) is 17.5 Å². The lowest BCUT2D eigenvalue weighted by Crippen LogP contribution is -2.05. The molecule has 0 saturated carbocycles. The number of nitrogens with one attached hydrogen (secondary N) is 2. The Labute approximate surface area is 122 Å². The Bertz CT molecular complexity index is 587. The second-order valence-electron chi connectivity index (χ2n) is 3.98. The quantitative estimate of drug-likeness (QED) is 0.885. The topological polar surface area (TPSA) is 49.8 Å². The second kappa shape index (κ2) is 6.08. The number of aryl methyl sites for hydroxylation is 1. The summed E-state index contributed by atoms with van der Waals surface area (Å²) in [6.07, 6.45) is 1.76. The SMILES string of the molecule is CCNc1ncc(C)c(Nc2cccc(Cl)c2Cl)n1. The van der Waals surface area contributed by atoms with E-state index in [-0.39, 0.29) is 0 Å². The van der Waals surface area contributed by atoms with Crippen LogP contribution in [0, 0.1) is 6.92 Å². The molecule has 2 rings (SSSR count). The van der Waals surface area contributed by atoms with Crippen molar-refractivity contribution in [3.63, 3.8) is 0 Å². The van der Waals surface area contributed by atoms with Gasteiger partial charge in [-0.3, -0.25) is 0 Å². The van der Waals surface area contributed by atoms with Crippen molar-refractivity contribution in [2.24, 2.45) is 0 Å². The van der Waals surface area contributed by atoms with Crippen molar-refractivity contribution in [1.82, 2.24) is 9.97 Å². The summed E-state index contributed by atoms with van der Waals surface area (Å²) in [4.78, 5) is 8.58. The van der Waals surface area contributed by atoms with Gasteiger partial charge in [-0.25, -0.2) is 4.98 Å². The Morgan fingerprint density at radius 3 is 2.79 bits per heavy atom. The minimum absolute atomic E-state index is 0.479. The van der Waals surface area contributed by atoms with Crippen LogP contribution >= 0.6 is 23.2 Å². The van der Waals surface area contributed by atoms with Crippen LogP contribution in [-0.4, -0.2) is 16.5 Å². The fourth-order valence-corrected chi connectivity index (χ4v) is 1.89. The molecule has 6 heteroatoms. The summed E-state index contributed by atoms with van der Waals surface area (Å²) >= 11 is 12.1. The van der Waals surface area contributed by atoms with Gasteiger partial charge in [0.15, 0.2) is 0 Å². The number of halogens is 2. The number of aromatic nitrogens is 2. The van der Waals surface area contributed by atoms with Crippen LogP contribution in [0.5, 0.6) is 0 Å². The molecule has 0 spiro atoms. The van der Waals surface area contributed by atoms with Gasteiger partial charge in [0.1, 0.15) is 5.82 Å². The molecule has 0 unspecified atom stereocenters. The number of benzene rings is 1. The molecule has 0 saturated heterocycles. The normalized spacial score (nSPS) is 10.3. The van der Waals surface area contributed by atoms with Gasteiger partial charge in [0, 0.05) is 18.3 Å². The van der Waals surface area contributed by atoms with Gasteiger partial charge in [-0.15, -0.1) is 0 Å². The highest BCUT2D eigenvalue weighted by atomic mass is 35.5. The Morgan fingerprint density at radius 1 is 1.26 bits per heavy atom. The molecule has 0 amide bonds. The van der Waals surface area contributed by atoms with E-state index in [1.807, 2.05) is 26.0 Å². The molecule has 2 N–H and O–H groups in total. The molecular formula is C13H14Cl2N4. The van der Waals surface area contributed by atoms with Crippen LogP contribution in [0.25, 0.3) is 0 Å². The van der Waals surface area contributed by atoms with Crippen molar-refractivity contribution >= 4 is 40.7 Å². The van der Waals surface area contributed by atoms with E-state index in [1.165, 1.54) is 0 Å². The summed E-state index contributed by atoms with van der Waals surface area (Å²) in [7, 11) is 0. The predicted molar refractivity (Wildman–Crippen MR) is 80.7 cm³/mol. The number of anilines is 3. The van der Waals surface area contributed by atoms with Crippen LogP contribution < -0.4 is 10.6 Å². The maximum atomic E-state index is 6.14. The highest BCUT2D eigenvalue weighted by Crippen LogP contribution is 2.32. The first-order valence-electron chi connectivity index (χ1n) is 5.90. The van der Waals surface area contributed by atoms with E-state index in [4.69, 9.17) is 23.2 Å². The zero-order valence-electron chi connectivity index (χ0n) is 10.7. The predicted octanol–water partition coefficient (Wildman–Crippen LogP) is 4.27. The lowest BCUT2D eigenvalue weighted by molar-refractivity contribution is 1.07. The molecule has 1 aromatic heterocycles.